The Bertz CT molecular complexity index is 1480. The van der Waals surface area contributed by atoms with Crippen LogP contribution in [0.5, 0.6) is 0 Å². The quantitative estimate of drug-likeness (QED) is 0.0261. The molecule has 0 heterocycles. The molecule has 0 spiro atoms. The Morgan fingerprint density at radius 3 is 0.756 bits per heavy atom. The summed E-state index contributed by atoms with van der Waals surface area (Å²) in [6.45, 7) is 6.62. The van der Waals surface area contributed by atoms with Crippen LogP contribution < -0.4 is 0 Å². The van der Waals surface area contributed by atoms with Crippen molar-refractivity contribution in [2.75, 3.05) is 13.2 Å². The number of ether oxygens (including phenoxy) is 3. The zero-order chi connectivity index (χ0) is 56.4. The van der Waals surface area contributed by atoms with E-state index in [0.29, 0.717) is 19.3 Å². The largest absolute Gasteiger partial charge is 0.462 e. The molecule has 0 fully saturated rings. The number of allylic oxidation sites excluding steroid dienone is 14. The van der Waals surface area contributed by atoms with E-state index in [2.05, 4.69) is 106 Å². The van der Waals surface area contributed by atoms with Gasteiger partial charge < -0.3 is 14.2 Å². The van der Waals surface area contributed by atoms with E-state index in [-0.39, 0.29) is 31.1 Å². The van der Waals surface area contributed by atoms with Gasteiger partial charge >= 0.3 is 17.9 Å². The highest BCUT2D eigenvalue weighted by molar-refractivity contribution is 5.71. The summed E-state index contributed by atoms with van der Waals surface area (Å²) in [5, 5.41) is 0. The predicted octanol–water partition coefficient (Wildman–Crippen LogP) is 23.1. The van der Waals surface area contributed by atoms with Crippen molar-refractivity contribution in [2.45, 2.75) is 341 Å². The van der Waals surface area contributed by atoms with Crippen LogP contribution in [0, 0.1) is 0 Å². The molecule has 1 unspecified atom stereocenters. The van der Waals surface area contributed by atoms with Crippen LogP contribution in [0.3, 0.4) is 0 Å². The lowest BCUT2D eigenvalue weighted by Gasteiger charge is -2.18. The third-order valence-electron chi connectivity index (χ3n) is 14.6. The zero-order valence-corrected chi connectivity index (χ0v) is 51.7. The van der Waals surface area contributed by atoms with E-state index >= 15 is 0 Å². The van der Waals surface area contributed by atoms with E-state index in [0.717, 1.165) is 103 Å². The first-order valence-electron chi connectivity index (χ1n) is 33.6. The summed E-state index contributed by atoms with van der Waals surface area (Å²) >= 11 is 0. The molecule has 0 saturated carbocycles. The first-order chi connectivity index (χ1) is 38.5. The molecule has 6 heteroatoms. The SMILES string of the molecule is CCCCC/C=C\C/C=C\C/C=C\CCCCCCCCC(=O)OC(COC(=O)CCCCCCCCC/C=C\CCCCCCCCC)COC(=O)CCCCCCCCCC/C=C\C/C=C\C/C=C\CCCCCCC. The maximum absolute atomic E-state index is 12.9. The van der Waals surface area contributed by atoms with E-state index < -0.39 is 6.10 Å². The number of carbonyl (C=O) groups excluding carboxylic acids is 3. The van der Waals surface area contributed by atoms with Crippen LogP contribution in [0.25, 0.3) is 0 Å². The molecule has 0 aliphatic heterocycles. The van der Waals surface area contributed by atoms with Gasteiger partial charge in [0, 0.05) is 19.3 Å². The first kappa shape index (κ1) is 74.6. The minimum Gasteiger partial charge on any atom is -0.462 e. The summed E-state index contributed by atoms with van der Waals surface area (Å²) in [5.41, 5.74) is 0. The molecule has 0 rings (SSSR count). The summed E-state index contributed by atoms with van der Waals surface area (Å²) in [4.78, 5) is 38.4. The van der Waals surface area contributed by atoms with E-state index in [4.69, 9.17) is 14.2 Å². The Morgan fingerprint density at radius 2 is 0.462 bits per heavy atom. The standard InChI is InChI=1S/C72H126O6/c1-4-7-10-13-16-19-22-25-28-31-34-35-36-37-39-41-44-47-50-53-56-59-62-65-71(74)77-68-69(67-76-70(73)64-61-58-55-52-49-46-43-40-33-30-27-24-21-18-15-12-9-6-3)78-72(75)66-63-60-57-54-51-48-45-42-38-32-29-26-23-20-17-14-11-8-5-2/h17,20,22,25-26,29-31,33-34,36-38,42,69H,4-16,18-19,21,23-24,27-28,32,35,39-41,43-68H2,1-3H3/b20-17-,25-22-,29-26-,33-30-,34-31-,37-36-,42-38-. The summed E-state index contributed by atoms with van der Waals surface area (Å²) in [6, 6.07) is 0. The van der Waals surface area contributed by atoms with Crippen molar-refractivity contribution in [3.63, 3.8) is 0 Å². The summed E-state index contributed by atoms with van der Waals surface area (Å²) < 4.78 is 17.0. The molecule has 0 saturated heterocycles. The molecule has 78 heavy (non-hydrogen) atoms. The van der Waals surface area contributed by atoms with Gasteiger partial charge in [-0.05, 0) is 122 Å². The normalized spacial score (nSPS) is 12.6. The van der Waals surface area contributed by atoms with Crippen LogP contribution in [0.15, 0.2) is 85.1 Å². The van der Waals surface area contributed by atoms with E-state index in [1.165, 1.54) is 193 Å². The van der Waals surface area contributed by atoms with Crippen LogP contribution in [-0.4, -0.2) is 37.2 Å². The number of unbranched alkanes of at least 4 members (excludes halogenated alkanes) is 36. The van der Waals surface area contributed by atoms with Crippen molar-refractivity contribution in [1.82, 2.24) is 0 Å². The summed E-state index contributed by atoms with van der Waals surface area (Å²) in [7, 11) is 0. The molecular weight excluding hydrogens is 961 g/mol. The van der Waals surface area contributed by atoms with E-state index in [1.54, 1.807) is 0 Å². The first-order valence-corrected chi connectivity index (χ1v) is 33.6. The van der Waals surface area contributed by atoms with Gasteiger partial charge in [-0.3, -0.25) is 14.4 Å². The molecule has 0 aromatic heterocycles. The highest BCUT2D eigenvalue weighted by Gasteiger charge is 2.19. The molecule has 0 aliphatic rings. The maximum atomic E-state index is 12.9. The number of hydrogen-bond acceptors (Lipinski definition) is 6. The fraction of sp³-hybridized carbons (Fsp3) is 0.764. The molecule has 1 atom stereocenters. The highest BCUT2D eigenvalue weighted by Crippen LogP contribution is 2.16. The topological polar surface area (TPSA) is 78.9 Å². The molecule has 0 bridgehead atoms. The monoisotopic (exact) mass is 1090 g/mol. The number of rotatable bonds is 61. The molecule has 450 valence electrons. The number of hydrogen-bond donors (Lipinski definition) is 0. The third-order valence-corrected chi connectivity index (χ3v) is 14.6. The fourth-order valence-corrected chi connectivity index (χ4v) is 9.51. The number of esters is 3. The average Bonchev–Trinajstić information content (AvgIpc) is 3.44. The van der Waals surface area contributed by atoms with Crippen LogP contribution in [-0.2, 0) is 28.6 Å². The van der Waals surface area contributed by atoms with Gasteiger partial charge in [-0.1, -0.05) is 279 Å². The fourth-order valence-electron chi connectivity index (χ4n) is 9.51. The van der Waals surface area contributed by atoms with E-state index in [1.807, 2.05) is 0 Å². The van der Waals surface area contributed by atoms with Crippen molar-refractivity contribution in [2.24, 2.45) is 0 Å². The van der Waals surface area contributed by atoms with Crippen LogP contribution in [0.2, 0.25) is 0 Å². The second-order valence-corrected chi connectivity index (χ2v) is 22.4. The summed E-state index contributed by atoms with van der Waals surface area (Å²) in [5.74, 6) is -0.895. The minimum absolute atomic E-state index is 0.0856. The molecule has 0 aliphatic carbocycles. The van der Waals surface area contributed by atoms with Gasteiger partial charge in [-0.25, -0.2) is 0 Å². The van der Waals surface area contributed by atoms with Gasteiger partial charge in [-0.15, -0.1) is 0 Å². The van der Waals surface area contributed by atoms with Crippen LogP contribution in [0.4, 0.5) is 0 Å². The smallest absolute Gasteiger partial charge is 0.306 e. The molecule has 0 radical (unpaired) electrons. The Balaban J connectivity index is 4.41. The molecule has 0 N–H and O–H groups in total. The van der Waals surface area contributed by atoms with Crippen molar-refractivity contribution < 1.29 is 28.6 Å². The lowest BCUT2D eigenvalue weighted by molar-refractivity contribution is -0.167. The van der Waals surface area contributed by atoms with Gasteiger partial charge in [0.2, 0.25) is 0 Å². The Morgan fingerprint density at radius 1 is 0.256 bits per heavy atom. The Labute approximate surface area is 484 Å². The molecule has 0 aromatic carbocycles. The van der Waals surface area contributed by atoms with Crippen LogP contribution in [0.1, 0.15) is 335 Å². The van der Waals surface area contributed by atoms with Crippen molar-refractivity contribution in [3.05, 3.63) is 85.1 Å². The average molecular weight is 1090 g/mol. The Kier molecular flexibility index (Phi) is 63.2. The second kappa shape index (κ2) is 66.1. The zero-order valence-electron chi connectivity index (χ0n) is 51.7. The van der Waals surface area contributed by atoms with Crippen molar-refractivity contribution in [3.8, 4) is 0 Å². The van der Waals surface area contributed by atoms with Crippen molar-refractivity contribution in [1.29, 1.82) is 0 Å². The molecule has 0 amide bonds. The molecule has 0 aromatic rings. The van der Waals surface area contributed by atoms with E-state index in [9.17, 15) is 14.4 Å². The summed E-state index contributed by atoms with van der Waals surface area (Å²) in [6.07, 6.45) is 87.2. The molecular formula is C72H126O6. The Hall–Kier alpha value is -3.41. The van der Waals surface area contributed by atoms with Gasteiger partial charge in [0.05, 0.1) is 0 Å². The van der Waals surface area contributed by atoms with Crippen LogP contribution >= 0.6 is 0 Å². The van der Waals surface area contributed by atoms with Gasteiger partial charge in [0.15, 0.2) is 6.10 Å². The third kappa shape index (κ3) is 63.4. The van der Waals surface area contributed by atoms with Gasteiger partial charge in [0.1, 0.15) is 13.2 Å². The van der Waals surface area contributed by atoms with Gasteiger partial charge in [0.25, 0.3) is 0 Å². The van der Waals surface area contributed by atoms with Crippen molar-refractivity contribution >= 4 is 17.9 Å². The lowest BCUT2D eigenvalue weighted by atomic mass is 10.1. The number of carbonyl (C=O) groups is 3. The lowest BCUT2D eigenvalue weighted by Crippen LogP contribution is -2.30. The predicted molar refractivity (Wildman–Crippen MR) is 339 cm³/mol. The molecule has 6 nitrogen and oxygen atoms in total. The highest BCUT2D eigenvalue weighted by atomic mass is 16.6. The second-order valence-electron chi connectivity index (χ2n) is 22.4. The minimum atomic E-state index is -0.791. The van der Waals surface area contributed by atoms with Gasteiger partial charge in [-0.2, -0.15) is 0 Å². The maximum Gasteiger partial charge on any atom is 0.306 e.